The Morgan fingerprint density at radius 2 is 2.15 bits per heavy atom. The smallest absolute Gasteiger partial charge is 0.183 e. The molecule has 1 aromatic rings. The lowest BCUT2D eigenvalue weighted by atomic mass is 10.1. The molecule has 1 aromatic heterocycles. The lowest BCUT2D eigenvalue weighted by molar-refractivity contribution is -0.0247. The molecule has 4 atom stereocenters. The second kappa shape index (κ2) is 2.72. The van der Waals surface area contributed by atoms with Crippen LogP contribution in [0.3, 0.4) is 0 Å². The van der Waals surface area contributed by atoms with Crippen LogP contribution in [0.25, 0.3) is 0 Å². The van der Waals surface area contributed by atoms with Gasteiger partial charge in [0.05, 0.1) is 6.10 Å². The number of nitrogens with zero attached hydrogens (tertiary/aromatic N) is 4. The summed E-state index contributed by atoms with van der Waals surface area (Å²) in [6.45, 7) is 1.51. The lowest BCUT2D eigenvalue weighted by Gasteiger charge is -2.18. The highest BCUT2D eigenvalue weighted by Gasteiger charge is 2.43. The number of aliphatic hydroxyl groups is 3. The van der Waals surface area contributed by atoms with Gasteiger partial charge in [0.25, 0.3) is 0 Å². The molecule has 7 heteroatoms. The SMILES string of the molecule is C[C@H](O)[C@H]1[C@@H](O)[C@@H](O)c2nnnn21. The van der Waals surface area contributed by atoms with Crippen LogP contribution in [0.1, 0.15) is 24.9 Å². The molecule has 0 fully saturated rings. The second-order valence-corrected chi connectivity index (χ2v) is 3.15. The number of aliphatic hydroxyl groups excluding tert-OH is 3. The maximum Gasteiger partial charge on any atom is 0.183 e. The van der Waals surface area contributed by atoms with Gasteiger partial charge in [-0.3, -0.25) is 0 Å². The summed E-state index contributed by atoms with van der Waals surface area (Å²) < 4.78 is 1.25. The summed E-state index contributed by atoms with van der Waals surface area (Å²) in [6, 6.07) is -0.667. The monoisotopic (exact) mass is 186 g/mol. The summed E-state index contributed by atoms with van der Waals surface area (Å²) >= 11 is 0. The Kier molecular flexibility index (Phi) is 1.79. The van der Waals surface area contributed by atoms with Crippen molar-refractivity contribution in [3.63, 3.8) is 0 Å². The first-order valence-electron chi connectivity index (χ1n) is 3.95. The molecule has 0 spiro atoms. The quantitative estimate of drug-likeness (QED) is 0.468. The van der Waals surface area contributed by atoms with Crippen LogP contribution in [0, 0.1) is 0 Å². The van der Waals surface area contributed by atoms with Crippen LogP contribution in [-0.4, -0.2) is 47.7 Å². The predicted octanol–water partition coefficient (Wildman–Crippen LogP) is -2.00. The normalized spacial score (nSPS) is 34.6. The molecule has 7 nitrogen and oxygen atoms in total. The number of hydrogen-bond donors (Lipinski definition) is 3. The fraction of sp³-hybridized carbons (Fsp3) is 0.833. The summed E-state index contributed by atoms with van der Waals surface area (Å²) in [4.78, 5) is 0. The molecule has 0 radical (unpaired) electrons. The van der Waals surface area contributed by atoms with Gasteiger partial charge >= 0.3 is 0 Å². The number of hydrogen-bond acceptors (Lipinski definition) is 6. The van der Waals surface area contributed by atoms with E-state index in [2.05, 4.69) is 15.5 Å². The number of fused-ring (bicyclic) bond motifs is 1. The van der Waals surface area contributed by atoms with Crippen LogP contribution in [0.15, 0.2) is 0 Å². The van der Waals surface area contributed by atoms with Gasteiger partial charge in [-0.25, -0.2) is 4.68 Å². The molecule has 0 unspecified atom stereocenters. The first-order chi connectivity index (χ1) is 6.13. The summed E-state index contributed by atoms with van der Waals surface area (Å²) in [5.41, 5.74) is 0. The molecule has 0 amide bonds. The maximum atomic E-state index is 9.50. The first kappa shape index (κ1) is 8.54. The zero-order valence-electron chi connectivity index (χ0n) is 6.94. The predicted molar refractivity (Wildman–Crippen MR) is 39.5 cm³/mol. The van der Waals surface area contributed by atoms with Gasteiger partial charge in [-0.15, -0.1) is 5.10 Å². The van der Waals surface area contributed by atoms with Crippen molar-refractivity contribution in [1.29, 1.82) is 0 Å². The maximum absolute atomic E-state index is 9.50. The molecule has 13 heavy (non-hydrogen) atoms. The van der Waals surface area contributed by atoms with E-state index in [9.17, 15) is 15.3 Å². The van der Waals surface area contributed by atoms with Crippen LogP contribution in [0.2, 0.25) is 0 Å². The van der Waals surface area contributed by atoms with Crippen molar-refractivity contribution in [3.05, 3.63) is 5.82 Å². The van der Waals surface area contributed by atoms with Gasteiger partial charge in [-0.2, -0.15) is 0 Å². The average molecular weight is 186 g/mol. The van der Waals surface area contributed by atoms with E-state index in [4.69, 9.17) is 0 Å². The molecule has 0 aliphatic carbocycles. The van der Waals surface area contributed by atoms with Crippen LogP contribution in [0.4, 0.5) is 0 Å². The third-order valence-corrected chi connectivity index (χ3v) is 2.23. The third-order valence-electron chi connectivity index (χ3n) is 2.23. The fourth-order valence-electron chi connectivity index (χ4n) is 1.58. The van der Waals surface area contributed by atoms with Gasteiger partial charge < -0.3 is 15.3 Å². The molecule has 72 valence electrons. The largest absolute Gasteiger partial charge is 0.391 e. The van der Waals surface area contributed by atoms with Crippen LogP contribution >= 0.6 is 0 Å². The standard InChI is InChI=1S/C6H10N4O3/c1-2(11)3-4(12)5(13)6-7-8-9-10(3)6/h2-5,11-13H,1H3/t2-,3-,4+,5+/m0/s1. The van der Waals surface area contributed by atoms with E-state index < -0.39 is 24.4 Å². The topological polar surface area (TPSA) is 104 Å². The highest BCUT2D eigenvalue weighted by Crippen LogP contribution is 2.33. The van der Waals surface area contributed by atoms with E-state index in [1.807, 2.05) is 0 Å². The van der Waals surface area contributed by atoms with E-state index in [0.29, 0.717) is 0 Å². The van der Waals surface area contributed by atoms with Crippen LogP contribution in [-0.2, 0) is 0 Å². The minimum atomic E-state index is -1.12. The molecule has 0 bridgehead atoms. The van der Waals surface area contributed by atoms with Gasteiger partial charge in [0.15, 0.2) is 5.82 Å². The van der Waals surface area contributed by atoms with E-state index in [1.165, 1.54) is 11.6 Å². The minimum absolute atomic E-state index is 0.193. The Bertz CT molecular complexity index is 313. The van der Waals surface area contributed by atoms with Gasteiger partial charge in [0.1, 0.15) is 18.2 Å². The first-order valence-corrected chi connectivity index (χ1v) is 3.95. The molecule has 2 heterocycles. The highest BCUT2D eigenvalue weighted by atomic mass is 16.3. The van der Waals surface area contributed by atoms with Crippen molar-refractivity contribution < 1.29 is 15.3 Å². The summed E-state index contributed by atoms with van der Waals surface area (Å²) in [7, 11) is 0. The molecular weight excluding hydrogens is 176 g/mol. The third kappa shape index (κ3) is 1.05. The van der Waals surface area contributed by atoms with Crippen LogP contribution < -0.4 is 0 Å². The van der Waals surface area contributed by atoms with E-state index in [0.717, 1.165) is 0 Å². The second-order valence-electron chi connectivity index (χ2n) is 3.15. The van der Waals surface area contributed by atoms with Crippen molar-refractivity contribution in [2.24, 2.45) is 0 Å². The number of rotatable bonds is 1. The van der Waals surface area contributed by atoms with E-state index in [-0.39, 0.29) is 5.82 Å². The number of aromatic nitrogens is 4. The molecule has 3 N–H and O–H groups in total. The van der Waals surface area contributed by atoms with Gasteiger partial charge in [-0.05, 0) is 17.4 Å². The summed E-state index contributed by atoms with van der Waals surface area (Å²) in [6.07, 6.45) is -3.00. The molecular formula is C6H10N4O3. The number of tetrazole rings is 1. The Hall–Kier alpha value is -1.05. The average Bonchev–Trinajstić information content (AvgIpc) is 2.57. The summed E-state index contributed by atoms with van der Waals surface area (Å²) in [5.74, 6) is 0.193. The Labute approximate surface area is 73.6 Å². The van der Waals surface area contributed by atoms with Crippen molar-refractivity contribution in [2.45, 2.75) is 31.3 Å². The molecule has 0 saturated carbocycles. The fourth-order valence-corrected chi connectivity index (χ4v) is 1.58. The van der Waals surface area contributed by atoms with Gasteiger partial charge in [0, 0.05) is 0 Å². The van der Waals surface area contributed by atoms with Crippen molar-refractivity contribution in [1.82, 2.24) is 20.2 Å². The Morgan fingerprint density at radius 3 is 2.77 bits per heavy atom. The van der Waals surface area contributed by atoms with Crippen molar-refractivity contribution in [3.8, 4) is 0 Å². The van der Waals surface area contributed by atoms with Crippen LogP contribution in [0.5, 0.6) is 0 Å². The van der Waals surface area contributed by atoms with Gasteiger partial charge in [-0.1, -0.05) is 0 Å². The molecule has 1 aliphatic heterocycles. The summed E-state index contributed by atoms with van der Waals surface area (Å²) in [5, 5.41) is 38.7. The minimum Gasteiger partial charge on any atom is -0.391 e. The van der Waals surface area contributed by atoms with E-state index >= 15 is 0 Å². The molecule has 0 saturated heterocycles. The zero-order valence-corrected chi connectivity index (χ0v) is 6.94. The van der Waals surface area contributed by atoms with Crippen molar-refractivity contribution >= 4 is 0 Å². The highest BCUT2D eigenvalue weighted by molar-refractivity contribution is 5.05. The van der Waals surface area contributed by atoms with Gasteiger partial charge in [0.2, 0.25) is 0 Å². The van der Waals surface area contributed by atoms with E-state index in [1.54, 1.807) is 0 Å². The lowest BCUT2D eigenvalue weighted by Crippen LogP contribution is -2.30. The molecule has 1 aliphatic rings. The zero-order chi connectivity index (χ0) is 9.59. The Morgan fingerprint density at radius 1 is 1.46 bits per heavy atom. The van der Waals surface area contributed by atoms with Crippen molar-refractivity contribution in [2.75, 3.05) is 0 Å². The Balaban J connectivity index is 2.42. The molecule has 0 aromatic carbocycles. The molecule has 2 rings (SSSR count).